The number of carbonyl (C=O) groups is 5. The van der Waals surface area contributed by atoms with Crippen LogP contribution in [0.25, 0.3) is 0 Å². The largest absolute Gasteiger partial charge is 0.456 e. The molecule has 0 aromatic carbocycles. The summed E-state index contributed by atoms with van der Waals surface area (Å²) in [5, 5.41) is 11.7. The van der Waals surface area contributed by atoms with Gasteiger partial charge in [-0.25, -0.2) is 0 Å². The first-order chi connectivity index (χ1) is 18.1. The molecule has 0 spiro atoms. The number of ketones is 4. The maximum Gasteiger partial charge on any atom is 0.303 e. The molecule has 8 nitrogen and oxygen atoms in total. The number of nitrogens with two attached hydrogens (primary N) is 1. The quantitative estimate of drug-likeness (QED) is 0.298. The van der Waals surface area contributed by atoms with Crippen LogP contribution in [0.2, 0.25) is 0 Å². The van der Waals surface area contributed by atoms with Crippen LogP contribution >= 0.6 is 0 Å². The highest BCUT2D eigenvalue weighted by Crippen LogP contribution is 2.73. The predicted molar refractivity (Wildman–Crippen MR) is 148 cm³/mol. The van der Waals surface area contributed by atoms with Gasteiger partial charge >= 0.3 is 5.97 Å². The first-order valence-corrected chi connectivity index (χ1v) is 14.0. The van der Waals surface area contributed by atoms with E-state index in [1.807, 2.05) is 40.7 Å². The maximum absolute atomic E-state index is 14.3. The molecule has 7 atom stereocenters. The van der Waals surface area contributed by atoms with Crippen molar-refractivity contribution in [2.45, 2.75) is 92.8 Å². The van der Waals surface area contributed by atoms with Crippen molar-refractivity contribution < 1.29 is 33.8 Å². The van der Waals surface area contributed by atoms with Crippen molar-refractivity contribution in [2.24, 2.45) is 45.1 Å². The fraction of sp³-hybridized carbons (Fsp3) is 0.656. The Bertz CT molecular complexity index is 1310. The molecule has 40 heavy (non-hydrogen) atoms. The van der Waals surface area contributed by atoms with Crippen molar-refractivity contribution in [3.05, 3.63) is 35.6 Å². The number of allylic oxidation sites excluding steroid dienone is 4. The maximum atomic E-state index is 14.3. The number of rotatable bonds is 5. The summed E-state index contributed by atoms with van der Waals surface area (Å²) in [7, 11) is 0. The zero-order valence-corrected chi connectivity index (χ0v) is 25.1. The van der Waals surface area contributed by atoms with Gasteiger partial charge in [0.1, 0.15) is 22.8 Å². The molecule has 0 bridgehead atoms. The summed E-state index contributed by atoms with van der Waals surface area (Å²) in [4.78, 5) is 65.9. The number of carbonyl (C=O) groups excluding carboxylic acids is 5. The molecule has 0 aliphatic heterocycles. The van der Waals surface area contributed by atoms with E-state index in [0.29, 0.717) is 6.42 Å². The molecule has 4 rings (SSSR count). The summed E-state index contributed by atoms with van der Waals surface area (Å²) in [6.45, 7) is 15.3. The van der Waals surface area contributed by atoms with Crippen LogP contribution in [0.15, 0.2) is 35.6 Å². The van der Waals surface area contributed by atoms with Crippen LogP contribution in [0.1, 0.15) is 81.6 Å². The van der Waals surface area contributed by atoms with Crippen LogP contribution in [0, 0.1) is 39.4 Å². The fourth-order valence-corrected chi connectivity index (χ4v) is 8.73. The van der Waals surface area contributed by atoms with Crippen molar-refractivity contribution in [1.82, 2.24) is 0 Å². The molecule has 218 valence electrons. The molecule has 0 unspecified atom stereocenters. The molecule has 0 radical (unpaired) electrons. The molecule has 2 fully saturated rings. The van der Waals surface area contributed by atoms with E-state index in [-0.39, 0.29) is 47.7 Å². The van der Waals surface area contributed by atoms with Gasteiger partial charge in [-0.15, -0.1) is 0 Å². The third-order valence-corrected chi connectivity index (χ3v) is 11.0. The van der Waals surface area contributed by atoms with E-state index in [0.717, 1.165) is 11.6 Å². The molecule has 0 amide bonds. The minimum absolute atomic E-state index is 0.00485. The third-order valence-electron chi connectivity index (χ3n) is 11.0. The Morgan fingerprint density at radius 2 is 1.65 bits per heavy atom. The number of hydrogen-bond acceptors (Lipinski definition) is 8. The average molecular weight is 554 g/mol. The van der Waals surface area contributed by atoms with E-state index in [4.69, 9.17) is 10.5 Å². The van der Waals surface area contributed by atoms with Crippen molar-refractivity contribution in [2.75, 3.05) is 0 Å². The van der Waals surface area contributed by atoms with Crippen LogP contribution < -0.4 is 5.73 Å². The summed E-state index contributed by atoms with van der Waals surface area (Å²) in [5.74, 6) is -3.43. The van der Waals surface area contributed by atoms with Gasteiger partial charge in [0, 0.05) is 31.1 Å². The Balaban J connectivity index is 1.77. The van der Waals surface area contributed by atoms with Gasteiger partial charge in [-0.3, -0.25) is 24.0 Å². The standard InChI is InChI=1S/C32H43NO7/c1-17(34)40-27(2,3)13-12-23(36)32(9,39)25-21(35)15-29(6)22-11-10-18-19(14-20(33)26(38)28(18,4)5)31(22,8)24(37)16-30(25,29)7/h10,12-14,19,22,25,39H,11,15-16,33H2,1-9H3/b13-12+/t19-,22+,25+,29+,30-,31+,32+/m1/s1. The molecule has 0 aromatic heterocycles. The van der Waals surface area contributed by atoms with Gasteiger partial charge in [0.2, 0.25) is 0 Å². The highest BCUT2D eigenvalue weighted by atomic mass is 16.6. The van der Waals surface area contributed by atoms with E-state index < -0.39 is 50.5 Å². The summed E-state index contributed by atoms with van der Waals surface area (Å²) >= 11 is 0. The zero-order valence-electron chi connectivity index (χ0n) is 25.1. The molecule has 8 heteroatoms. The smallest absolute Gasteiger partial charge is 0.303 e. The number of hydrogen-bond donors (Lipinski definition) is 2. The second kappa shape index (κ2) is 8.81. The molecular weight excluding hydrogens is 510 g/mol. The van der Waals surface area contributed by atoms with Crippen LogP contribution in [0.4, 0.5) is 0 Å². The van der Waals surface area contributed by atoms with Crippen LogP contribution in [0.5, 0.6) is 0 Å². The number of Topliss-reactive ketones (excluding diaryl/α,β-unsaturated/α-hetero) is 3. The van der Waals surface area contributed by atoms with Gasteiger partial charge in [-0.2, -0.15) is 0 Å². The topological polar surface area (TPSA) is 141 Å². The molecule has 0 heterocycles. The minimum Gasteiger partial charge on any atom is -0.456 e. The van der Waals surface area contributed by atoms with E-state index >= 15 is 0 Å². The Morgan fingerprint density at radius 3 is 2.23 bits per heavy atom. The third kappa shape index (κ3) is 3.92. The highest BCUT2D eigenvalue weighted by Gasteiger charge is 2.74. The molecular formula is C32H43NO7. The number of esters is 1. The summed E-state index contributed by atoms with van der Waals surface area (Å²) < 4.78 is 5.21. The fourth-order valence-electron chi connectivity index (χ4n) is 8.73. The Kier molecular flexibility index (Phi) is 6.63. The lowest BCUT2D eigenvalue weighted by atomic mass is 9.39. The molecule has 0 aromatic rings. The van der Waals surface area contributed by atoms with Gasteiger partial charge in [0.15, 0.2) is 11.6 Å². The zero-order chi connectivity index (χ0) is 30.4. The Hall–Kier alpha value is -2.87. The van der Waals surface area contributed by atoms with Crippen molar-refractivity contribution in [3.63, 3.8) is 0 Å². The summed E-state index contributed by atoms with van der Waals surface area (Å²) in [6.07, 6.45) is 6.94. The van der Waals surface area contributed by atoms with Gasteiger partial charge in [-0.05, 0) is 76.0 Å². The van der Waals surface area contributed by atoms with Crippen molar-refractivity contribution >= 4 is 29.1 Å². The lowest BCUT2D eigenvalue weighted by Gasteiger charge is -2.63. The van der Waals surface area contributed by atoms with Crippen LogP contribution in [-0.4, -0.2) is 45.4 Å². The van der Waals surface area contributed by atoms with E-state index in [2.05, 4.69) is 0 Å². The Morgan fingerprint density at radius 1 is 1.05 bits per heavy atom. The molecule has 0 saturated heterocycles. The van der Waals surface area contributed by atoms with Crippen LogP contribution in [0.3, 0.4) is 0 Å². The summed E-state index contributed by atoms with van der Waals surface area (Å²) in [5.41, 5.74) is 0.604. The molecule has 4 aliphatic rings. The van der Waals surface area contributed by atoms with E-state index in [9.17, 15) is 29.1 Å². The predicted octanol–water partition coefficient (Wildman–Crippen LogP) is 3.80. The monoisotopic (exact) mass is 553 g/mol. The second-order valence-electron chi connectivity index (χ2n) is 14.3. The average Bonchev–Trinajstić information content (AvgIpc) is 3.01. The number of aliphatic hydroxyl groups is 1. The number of ether oxygens (including phenoxy) is 1. The number of fused-ring (bicyclic) bond motifs is 5. The minimum atomic E-state index is -2.08. The van der Waals surface area contributed by atoms with Gasteiger partial charge in [0.05, 0.1) is 17.0 Å². The van der Waals surface area contributed by atoms with E-state index in [1.54, 1.807) is 19.9 Å². The first kappa shape index (κ1) is 30.1. The van der Waals surface area contributed by atoms with Crippen molar-refractivity contribution in [1.29, 1.82) is 0 Å². The molecule has 4 aliphatic carbocycles. The SMILES string of the molecule is CC(=O)OC(C)(C)/C=C/C(=O)[C@](C)(O)[C@H]1C(=O)C[C@@]2(C)[C@@H]3CC=C4[C@@H](C=C(N)C(=O)C4(C)C)[C@]3(C)C(=O)C[C@]12C. The first-order valence-electron chi connectivity index (χ1n) is 14.0. The normalized spacial score (nSPS) is 38.5. The highest BCUT2D eigenvalue weighted by molar-refractivity contribution is 6.04. The van der Waals surface area contributed by atoms with Gasteiger partial charge < -0.3 is 15.6 Å². The Labute approximate surface area is 236 Å². The van der Waals surface area contributed by atoms with Gasteiger partial charge in [0.25, 0.3) is 0 Å². The summed E-state index contributed by atoms with van der Waals surface area (Å²) in [6, 6.07) is 0. The van der Waals surface area contributed by atoms with Crippen LogP contribution in [-0.2, 0) is 28.7 Å². The van der Waals surface area contributed by atoms with Gasteiger partial charge in [-0.1, -0.05) is 32.4 Å². The van der Waals surface area contributed by atoms with E-state index in [1.165, 1.54) is 19.9 Å². The molecule has 3 N–H and O–H groups in total. The lowest BCUT2D eigenvalue weighted by molar-refractivity contribution is -0.177. The second-order valence-corrected chi connectivity index (χ2v) is 14.3. The lowest BCUT2D eigenvalue weighted by Crippen LogP contribution is -2.64. The molecule has 2 saturated carbocycles. The van der Waals surface area contributed by atoms with Crippen molar-refractivity contribution in [3.8, 4) is 0 Å².